The zero-order valence-electron chi connectivity index (χ0n) is 12.1. The number of hydrogen-bond acceptors (Lipinski definition) is 5. The Balaban J connectivity index is 0.00000200. The van der Waals surface area contributed by atoms with Crippen LogP contribution >= 0.6 is 12.4 Å². The smallest absolute Gasteiger partial charge is 0.255 e. The third kappa shape index (κ3) is 3.71. The first-order valence-corrected chi connectivity index (χ1v) is 6.83. The van der Waals surface area contributed by atoms with Gasteiger partial charge in [-0.05, 0) is 13.5 Å². The highest BCUT2D eigenvalue weighted by Gasteiger charge is 2.18. The van der Waals surface area contributed by atoms with Crippen LogP contribution in [0.15, 0.2) is 4.79 Å². The molecule has 0 saturated carbocycles. The molecular weight excluding hydrogens is 280 g/mol. The van der Waals surface area contributed by atoms with Crippen molar-refractivity contribution in [1.82, 2.24) is 14.9 Å². The maximum Gasteiger partial charge on any atom is 0.255 e. The Morgan fingerprint density at radius 3 is 2.45 bits per heavy atom. The van der Waals surface area contributed by atoms with Gasteiger partial charge in [0.15, 0.2) is 0 Å². The zero-order valence-corrected chi connectivity index (χ0v) is 12.9. The van der Waals surface area contributed by atoms with Gasteiger partial charge in [0.2, 0.25) is 5.95 Å². The molecule has 1 fully saturated rings. The number of nitrogens with one attached hydrogen (secondary N) is 1. The molecule has 114 valence electrons. The molecule has 1 aromatic rings. The predicted octanol–water partition coefficient (Wildman–Crippen LogP) is 0.177. The van der Waals surface area contributed by atoms with E-state index in [4.69, 9.17) is 5.11 Å². The minimum Gasteiger partial charge on any atom is -0.396 e. The molecule has 2 rings (SSSR count). The number of aliphatic hydroxyl groups is 1. The summed E-state index contributed by atoms with van der Waals surface area (Å²) < 4.78 is 0. The fourth-order valence-electron chi connectivity index (χ4n) is 2.43. The van der Waals surface area contributed by atoms with E-state index in [1.807, 2.05) is 6.92 Å². The van der Waals surface area contributed by atoms with E-state index in [0.717, 1.165) is 32.7 Å². The van der Waals surface area contributed by atoms with Crippen LogP contribution in [-0.4, -0.2) is 59.3 Å². The van der Waals surface area contributed by atoms with Crippen molar-refractivity contribution in [3.05, 3.63) is 21.6 Å². The molecular formula is C13H23ClN4O2. The SMILES string of the molecule is CCN1CCN(c2nc(C)c(CCO)c(=O)[nH]2)CC1.Cl. The number of hydrogen-bond donors (Lipinski definition) is 2. The molecule has 1 saturated heterocycles. The normalized spacial score (nSPS) is 16.1. The predicted molar refractivity (Wildman–Crippen MR) is 82.0 cm³/mol. The van der Waals surface area contributed by atoms with Gasteiger partial charge in [0.05, 0.1) is 5.69 Å². The molecule has 0 atom stereocenters. The number of aryl methyl sites for hydroxylation is 1. The van der Waals surface area contributed by atoms with Gasteiger partial charge >= 0.3 is 0 Å². The van der Waals surface area contributed by atoms with Crippen molar-refractivity contribution in [1.29, 1.82) is 0 Å². The minimum absolute atomic E-state index is 0. The summed E-state index contributed by atoms with van der Waals surface area (Å²) in [5.41, 5.74) is 1.17. The third-order valence-electron chi connectivity index (χ3n) is 3.69. The summed E-state index contributed by atoms with van der Waals surface area (Å²) in [7, 11) is 0. The Kier molecular flexibility index (Phi) is 6.45. The third-order valence-corrected chi connectivity index (χ3v) is 3.69. The van der Waals surface area contributed by atoms with E-state index in [-0.39, 0.29) is 24.6 Å². The van der Waals surface area contributed by atoms with Gasteiger partial charge in [0.25, 0.3) is 5.56 Å². The van der Waals surface area contributed by atoms with Gasteiger partial charge in [-0.3, -0.25) is 9.78 Å². The Morgan fingerprint density at radius 2 is 1.95 bits per heavy atom. The molecule has 2 heterocycles. The Morgan fingerprint density at radius 1 is 1.30 bits per heavy atom. The van der Waals surface area contributed by atoms with Crippen LogP contribution in [0.25, 0.3) is 0 Å². The molecule has 1 aliphatic heterocycles. The number of aromatic amines is 1. The van der Waals surface area contributed by atoms with Crippen molar-refractivity contribution >= 4 is 18.4 Å². The molecule has 0 bridgehead atoms. The number of aliphatic hydroxyl groups excluding tert-OH is 1. The van der Waals surface area contributed by atoms with E-state index >= 15 is 0 Å². The molecule has 1 aromatic heterocycles. The average molecular weight is 303 g/mol. The highest BCUT2D eigenvalue weighted by molar-refractivity contribution is 5.85. The summed E-state index contributed by atoms with van der Waals surface area (Å²) in [6, 6.07) is 0. The molecule has 2 N–H and O–H groups in total. The number of anilines is 1. The number of piperazine rings is 1. The first-order chi connectivity index (χ1) is 9.15. The number of nitrogens with zero attached hydrogens (tertiary/aromatic N) is 3. The maximum absolute atomic E-state index is 12.0. The van der Waals surface area contributed by atoms with Gasteiger partial charge in [-0.25, -0.2) is 4.98 Å². The number of halogens is 1. The van der Waals surface area contributed by atoms with E-state index in [1.165, 1.54) is 0 Å². The fraction of sp³-hybridized carbons (Fsp3) is 0.692. The van der Waals surface area contributed by atoms with Gasteiger partial charge in [0, 0.05) is 44.8 Å². The van der Waals surface area contributed by atoms with Crippen molar-refractivity contribution in [2.75, 3.05) is 44.2 Å². The summed E-state index contributed by atoms with van der Waals surface area (Å²) in [6.07, 6.45) is 0.359. The van der Waals surface area contributed by atoms with Crippen molar-refractivity contribution in [3.63, 3.8) is 0 Å². The average Bonchev–Trinajstić information content (AvgIpc) is 2.43. The van der Waals surface area contributed by atoms with Gasteiger partial charge in [-0.2, -0.15) is 0 Å². The van der Waals surface area contributed by atoms with Gasteiger partial charge in [0.1, 0.15) is 0 Å². The largest absolute Gasteiger partial charge is 0.396 e. The number of rotatable bonds is 4. The first-order valence-electron chi connectivity index (χ1n) is 6.83. The number of likely N-dealkylation sites (N-methyl/N-ethyl adjacent to an activating group) is 1. The molecule has 20 heavy (non-hydrogen) atoms. The molecule has 0 amide bonds. The number of H-pyrrole nitrogens is 1. The van der Waals surface area contributed by atoms with Crippen LogP contribution in [0.3, 0.4) is 0 Å². The van der Waals surface area contributed by atoms with Gasteiger partial charge in [-0.15, -0.1) is 12.4 Å². The van der Waals surface area contributed by atoms with Crippen LogP contribution in [0.4, 0.5) is 5.95 Å². The maximum atomic E-state index is 12.0. The standard InChI is InChI=1S/C13H22N4O2.ClH/c1-3-16-5-7-17(8-6-16)13-14-10(2)11(4-9-18)12(19)15-13;/h18H,3-9H2,1-2H3,(H,14,15,19);1H. The summed E-state index contributed by atoms with van der Waals surface area (Å²) >= 11 is 0. The second-order valence-corrected chi connectivity index (χ2v) is 4.85. The van der Waals surface area contributed by atoms with E-state index in [0.29, 0.717) is 23.6 Å². The Hall–Kier alpha value is -1.11. The second kappa shape index (κ2) is 7.61. The lowest BCUT2D eigenvalue weighted by atomic mass is 10.2. The lowest BCUT2D eigenvalue weighted by Gasteiger charge is -2.34. The zero-order chi connectivity index (χ0) is 13.8. The minimum atomic E-state index is -0.130. The molecule has 0 aliphatic carbocycles. The van der Waals surface area contributed by atoms with E-state index in [1.54, 1.807) is 0 Å². The molecule has 0 radical (unpaired) electrons. The highest BCUT2D eigenvalue weighted by atomic mass is 35.5. The van der Waals surface area contributed by atoms with Crippen molar-refractivity contribution in [3.8, 4) is 0 Å². The van der Waals surface area contributed by atoms with Crippen LogP contribution in [0, 0.1) is 6.92 Å². The van der Waals surface area contributed by atoms with Crippen LogP contribution in [0.2, 0.25) is 0 Å². The lowest BCUT2D eigenvalue weighted by molar-refractivity contribution is 0.269. The summed E-state index contributed by atoms with van der Waals surface area (Å²) in [6.45, 7) is 8.78. The lowest BCUT2D eigenvalue weighted by Crippen LogP contribution is -2.47. The summed E-state index contributed by atoms with van der Waals surface area (Å²) in [5, 5.41) is 8.95. The summed E-state index contributed by atoms with van der Waals surface area (Å²) in [5.74, 6) is 0.653. The Labute approximate surface area is 125 Å². The first kappa shape index (κ1) is 16.9. The highest BCUT2D eigenvalue weighted by Crippen LogP contribution is 2.11. The fourth-order valence-corrected chi connectivity index (χ4v) is 2.43. The molecule has 1 aliphatic rings. The molecule has 0 unspecified atom stereocenters. The van der Waals surface area contributed by atoms with E-state index in [9.17, 15) is 4.79 Å². The van der Waals surface area contributed by atoms with Crippen LogP contribution < -0.4 is 10.5 Å². The van der Waals surface area contributed by atoms with Crippen LogP contribution in [0.1, 0.15) is 18.2 Å². The van der Waals surface area contributed by atoms with Gasteiger partial charge < -0.3 is 14.9 Å². The molecule has 6 nitrogen and oxygen atoms in total. The Bertz CT molecular complexity index is 484. The molecule has 7 heteroatoms. The monoisotopic (exact) mass is 302 g/mol. The topological polar surface area (TPSA) is 72.5 Å². The van der Waals surface area contributed by atoms with Crippen molar-refractivity contribution in [2.45, 2.75) is 20.3 Å². The number of aromatic nitrogens is 2. The quantitative estimate of drug-likeness (QED) is 0.830. The van der Waals surface area contributed by atoms with Gasteiger partial charge in [-0.1, -0.05) is 6.92 Å². The van der Waals surface area contributed by atoms with Crippen molar-refractivity contribution < 1.29 is 5.11 Å². The van der Waals surface area contributed by atoms with Crippen LogP contribution in [-0.2, 0) is 6.42 Å². The second-order valence-electron chi connectivity index (χ2n) is 4.85. The molecule has 0 spiro atoms. The van der Waals surface area contributed by atoms with E-state index in [2.05, 4.69) is 26.7 Å². The van der Waals surface area contributed by atoms with E-state index < -0.39 is 0 Å². The van der Waals surface area contributed by atoms with Crippen LogP contribution in [0.5, 0.6) is 0 Å². The summed E-state index contributed by atoms with van der Waals surface area (Å²) in [4.78, 5) is 23.8. The molecule has 0 aromatic carbocycles. The van der Waals surface area contributed by atoms with Crippen molar-refractivity contribution in [2.24, 2.45) is 0 Å².